The monoisotopic (exact) mass is 379 g/mol. The highest BCUT2D eigenvalue weighted by atomic mass is 32.2. The molecule has 0 spiro atoms. The predicted molar refractivity (Wildman–Crippen MR) is 104 cm³/mol. The van der Waals surface area contributed by atoms with Crippen LogP contribution in [-0.4, -0.2) is 25.5 Å². The summed E-state index contributed by atoms with van der Waals surface area (Å²) in [6.45, 7) is 0. The molecule has 4 rings (SSSR count). The van der Waals surface area contributed by atoms with Crippen LogP contribution in [0.1, 0.15) is 0 Å². The summed E-state index contributed by atoms with van der Waals surface area (Å²) in [5.74, 6) is 0.372. The summed E-state index contributed by atoms with van der Waals surface area (Å²) < 4.78 is 1.63. The number of nitrogens with one attached hydrogen (secondary N) is 1. The lowest BCUT2D eigenvalue weighted by atomic mass is 10.3. The zero-order chi connectivity index (χ0) is 17.8. The molecule has 0 aliphatic rings. The lowest BCUT2D eigenvalue weighted by Crippen LogP contribution is -2.09. The first-order valence-corrected chi connectivity index (χ1v) is 9.50. The van der Waals surface area contributed by atoms with E-state index in [-0.39, 0.29) is 11.9 Å². The normalized spacial score (nSPS) is 11.2. The van der Waals surface area contributed by atoms with Gasteiger partial charge in [-0.3, -0.25) is 10.1 Å². The Bertz CT molecular complexity index is 1060. The van der Waals surface area contributed by atoms with E-state index < -0.39 is 0 Å². The van der Waals surface area contributed by atoms with Gasteiger partial charge in [-0.25, -0.2) is 4.98 Å². The standard InChI is InChI=1S/C18H13N5OS2/c24-16(9-12-25-13-5-2-1-3-6-13)20-17-21-18-19-10-8-14(23(18)22-17)15-7-4-11-26-15/h1-12H,(H,20,22,24)/b12-9-. The topological polar surface area (TPSA) is 72.2 Å². The third-order valence-electron chi connectivity index (χ3n) is 3.42. The van der Waals surface area contributed by atoms with Crippen molar-refractivity contribution in [2.45, 2.75) is 4.90 Å². The molecule has 0 aliphatic carbocycles. The molecule has 0 bridgehead atoms. The first kappa shape index (κ1) is 16.5. The zero-order valence-electron chi connectivity index (χ0n) is 13.4. The fraction of sp³-hybridized carbons (Fsp3) is 0. The third kappa shape index (κ3) is 3.66. The van der Waals surface area contributed by atoms with Gasteiger partial charge in [0, 0.05) is 17.2 Å². The first-order valence-electron chi connectivity index (χ1n) is 7.74. The lowest BCUT2D eigenvalue weighted by Gasteiger charge is -1.99. The summed E-state index contributed by atoms with van der Waals surface area (Å²) in [4.78, 5) is 22.7. The number of thioether (sulfide) groups is 1. The Labute approximate surface area is 157 Å². The van der Waals surface area contributed by atoms with E-state index in [2.05, 4.69) is 20.4 Å². The molecule has 1 N–H and O–H groups in total. The van der Waals surface area contributed by atoms with Gasteiger partial charge in [-0.05, 0) is 35.1 Å². The fourth-order valence-electron chi connectivity index (χ4n) is 2.28. The quantitative estimate of drug-likeness (QED) is 0.417. The molecule has 1 amide bonds. The molecular formula is C18H13N5OS2. The van der Waals surface area contributed by atoms with Crippen LogP contribution in [0.25, 0.3) is 16.3 Å². The minimum Gasteiger partial charge on any atom is -0.290 e. The van der Waals surface area contributed by atoms with Gasteiger partial charge in [-0.1, -0.05) is 36.0 Å². The van der Waals surface area contributed by atoms with Crippen LogP contribution in [0.15, 0.2) is 76.5 Å². The Morgan fingerprint density at radius 3 is 2.85 bits per heavy atom. The van der Waals surface area contributed by atoms with Gasteiger partial charge in [0.05, 0.1) is 10.6 Å². The van der Waals surface area contributed by atoms with Gasteiger partial charge < -0.3 is 0 Å². The molecule has 6 nitrogen and oxygen atoms in total. The number of nitrogens with zero attached hydrogens (tertiary/aromatic N) is 4. The Morgan fingerprint density at radius 2 is 2.04 bits per heavy atom. The van der Waals surface area contributed by atoms with Crippen LogP contribution >= 0.6 is 23.1 Å². The third-order valence-corrected chi connectivity index (χ3v) is 5.12. The van der Waals surface area contributed by atoms with Crippen LogP contribution < -0.4 is 5.32 Å². The minimum absolute atomic E-state index is 0.223. The van der Waals surface area contributed by atoms with E-state index in [4.69, 9.17) is 0 Å². The van der Waals surface area contributed by atoms with Gasteiger partial charge in [0.15, 0.2) is 0 Å². The number of carbonyl (C=O) groups excluding carboxylic acids is 1. The maximum Gasteiger partial charge on any atom is 0.254 e. The summed E-state index contributed by atoms with van der Waals surface area (Å²) in [7, 11) is 0. The van der Waals surface area contributed by atoms with Crippen molar-refractivity contribution in [2.75, 3.05) is 5.32 Å². The Morgan fingerprint density at radius 1 is 1.15 bits per heavy atom. The number of rotatable bonds is 5. The molecule has 1 aromatic carbocycles. The van der Waals surface area contributed by atoms with Crippen molar-refractivity contribution >= 4 is 40.7 Å². The van der Waals surface area contributed by atoms with Gasteiger partial charge >= 0.3 is 0 Å². The van der Waals surface area contributed by atoms with Crippen molar-refractivity contribution in [3.05, 3.63) is 71.6 Å². The second kappa shape index (κ2) is 7.51. The average molecular weight is 379 g/mol. The van der Waals surface area contributed by atoms with Crippen LogP contribution in [0.5, 0.6) is 0 Å². The van der Waals surface area contributed by atoms with E-state index in [9.17, 15) is 4.79 Å². The Kier molecular flexibility index (Phi) is 4.76. The first-order chi connectivity index (χ1) is 12.8. The molecule has 0 unspecified atom stereocenters. The molecular weight excluding hydrogens is 366 g/mol. The van der Waals surface area contributed by atoms with Crippen molar-refractivity contribution in [2.24, 2.45) is 0 Å². The second-order valence-corrected chi connectivity index (χ2v) is 7.10. The summed E-state index contributed by atoms with van der Waals surface area (Å²) >= 11 is 3.07. The van der Waals surface area contributed by atoms with Crippen LogP contribution in [0.4, 0.5) is 5.95 Å². The van der Waals surface area contributed by atoms with Crippen molar-refractivity contribution in [3.63, 3.8) is 0 Å². The SMILES string of the molecule is O=C(/C=C\Sc1ccccc1)Nc1nc2nccc(-c3cccs3)n2n1. The number of hydrogen-bond acceptors (Lipinski definition) is 6. The predicted octanol–water partition coefficient (Wildman–Crippen LogP) is 4.10. The van der Waals surface area contributed by atoms with Crippen LogP contribution in [0, 0.1) is 0 Å². The van der Waals surface area contributed by atoms with Crippen molar-refractivity contribution in [3.8, 4) is 10.6 Å². The number of hydrogen-bond donors (Lipinski definition) is 1. The molecule has 128 valence electrons. The molecule has 0 aliphatic heterocycles. The zero-order valence-corrected chi connectivity index (χ0v) is 15.1. The van der Waals surface area contributed by atoms with Crippen LogP contribution in [-0.2, 0) is 4.79 Å². The van der Waals surface area contributed by atoms with E-state index in [1.54, 1.807) is 27.5 Å². The van der Waals surface area contributed by atoms with Crippen molar-refractivity contribution in [1.82, 2.24) is 19.6 Å². The fourth-order valence-corrected chi connectivity index (χ4v) is 3.68. The molecule has 0 saturated carbocycles. The van der Waals surface area contributed by atoms with Gasteiger partial charge in [0.2, 0.25) is 0 Å². The highest BCUT2D eigenvalue weighted by Crippen LogP contribution is 2.24. The maximum absolute atomic E-state index is 12.1. The Hall–Kier alpha value is -2.97. The molecule has 8 heteroatoms. The highest BCUT2D eigenvalue weighted by Gasteiger charge is 2.11. The van der Waals surface area contributed by atoms with Gasteiger partial charge in [0.25, 0.3) is 17.6 Å². The number of aromatic nitrogens is 4. The highest BCUT2D eigenvalue weighted by molar-refractivity contribution is 8.02. The molecule has 3 aromatic heterocycles. The van der Waals surface area contributed by atoms with E-state index in [0.717, 1.165) is 15.5 Å². The van der Waals surface area contributed by atoms with E-state index in [0.29, 0.717) is 5.78 Å². The summed E-state index contributed by atoms with van der Waals surface area (Å²) in [5, 5.41) is 10.8. The number of amides is 1. The van der Waals surface area contributed by atoms with Gasteiger partial charge in [0.1, 0.15) is 0 Å². The van der Waals surface area contributed by atoms with Gasteiger partial charge in [-0.15, -0.1) is 16.4 Å². The molecule has 0 fully saturated rings. The minimum atomic E-state index is -0.290. The smallest absolute Gasteiger partial charge is 0.254 e. The maximum atomic E-state index is 12.1. The molecule has 3 heterocycles. The summed E-state index contributed by atoms with van der Waals surface area (Å²) in [6, 6.07) is 15.7. The number of carbonyl (C=O) groups is 1. The molecule has 26 heavy (non-hydrogen) atoms. The summed E-state index contributed by atoms with van der Waals surface area (Å²) in [5.41, 5.74) is 0.883. The molecule has 0 atom stereocenters. The molecule has 0 saturated heterocycles. The average Bonchev–Trinajstić information content (AvgIpc) is 3.31. The van der Waals surface area contributed by atoms with Crippen LogP contribution in [0.2, 0.25) is 0 Å². The number of benzene rings is 1. The van der Waals surface area contributed by atoms with Crippen LogP contribution in [0.3, 0.4) is 0 Å². The Balaban J connectivity index is 1.49. The number of thiophene rings is 1. The van der Waals surface area contributed by atoms with Crippen molar-refractivity contribution < 1.29 is 4.79 Å². The lowest BCUT2D eigenvalue weighted by molar-refractivity contribution is -0.111. The van der Waals surface area contributed by atoms with Gasteiger partial charge in [-0.2, -0.15) is 9.50 Å². The largest absolute Gasteiger partial charge is 0.290 e. The van der Waals surface area contributed by atoms with Crippen molar-refractivity contribution in [1.29, 1.82) is 0 Å². The second-order valence-electron chi connectivity index (χ2n) is 5.18. The summed E-state index contributed by atoms with van der Waals surface area (Å²) in [6.07, 6.45) is 3.14. The molecule has 0 radical (unpaired) electrons. The van der Waals surface area contributed by atoms with E-state index in [1.165, 1.54) is 17.8 Å². The number of anilines is 1. The van der Waals surface area contributed by atoms with E-state index >= 15 is 0 Å². The van der Waals surface area contributed by atoms with E-state index in [1.807, 2.05) is 53.9 Å². The molecule has 4 aromatic rings. The number of fused-ring (bicyclic) bond motifs is 1.